The standard InChI is InChI=1S/C61H41NO.C43H29NO.C18H13Br/c1-4-18-42(19-5-1)49-24-10-11-25-50(49)43-34-38-47(39-35-43)62(48-40-36-44(37-41-48)51-28-16-29-53-52-26-13-15-33-58(52)63-60(51)53)57-32-17-31-56-59(57)54-27-12-14-30-55(54)61(56,45-20-6-2-7-21-45)46-22-8-3-9-23-46;1-3-13-30(14-4-1)43(31-15-5-2-6-16-31)37-21-9-7-18-36(37)41-38(43)22-12-23-39(41)44-32-27-25-29(26-28-32)33-19-11-20-35-34-17-8-10-24-40(34)45-42(33)35;19-16-12-10-15(11-13-16)18-9-5-4-8-17(18)14-6-2-1-3-7-14/h1-41H;1-28,44H;1-13H. The third kappa shape index (κ3) is 13.7. The predicted molar refractivity (Wildman–Crippen MR) is 533 cm³/mol. The number of hydrogen-bond donors (Lipinski definition) is 1. The molecule has 4 nitrogen and oxygen atoms in total. The van der Waals surface area contributed by atoms with E-state index in [9.17, 15) is 0 Å². The van der Waals surface area contributed by atoms with Gasteiger partial charge in [-0.1, -0.05) is 441 Å². The Morgan fingerprint density at radius 1 is 0.213 bits per heavy atom. The van der Waals surface area contributed by atoms with E-state index in [-0.39, 0.29) is 0 Å². The van der Waals surface area contributed by atoms with Gasteiger partial charge in [-0.05, 0) is 184 Å². The Bertz CT molecular complexity index is 7670. The van der Waals surface area contributed by atoms with Gasteiger partial charge < -0.3 is 19.1 Å². The van der Waals surface area contributed by atoms with Crippen molar-refractivity contribution in [2.45, 2.75) is 10.8 Å². The van der Waals surface area contributed by atoms with Gasteiger partial charge in [0.2, 0.25) is 0 Å². The Hall–Kier alpha value is -15.9. The van der Waals surface area contributed by atoms with Gasteiger partial charge in [-0.3, -0.25) is 0 Å². The molecule has 0 aliphatic heterocycles. The number of nitrogens with one attached hydrogen (secondary N) is 1. The summed E-state index contributed by atoms with van der Waals surface area (Å²) in [6.45, 7) is 0. The topological polar surface area (TPSA) is 41.6 Å². The molecule has 0 radical (unpaired) electrons. The number of hydrogen-bond acceptors (Lipinski definition) is 4. The second-order valence-electron chi connectivity index (χ2n) is 32.5. The van der Waals surface area contributed by atoms with Crippen LogP contribution in [-0.2, 0) is 10.8 Å². The highest BCUT2D eigenvalue weighted by atomic mass is 79.9. The third-order valence-corrected chi connectivity index (χ3v) is 26.0. The van der Waals surface area contributed by atoms with E-state index in [1.807, 2.05) is 30.3 Å². The molecule has 0 amide bonds. The molecular weight excluding hydrogens is 1610 g/mol. The van der Waals surface area contributed by atoms with Gasteiger partial charge >= 0.3 is 0 Å². The summed E-state index contributed by atoms with van der Waals surface area (Å²) < 4.78 is 13.9. The van der Waals surface area contributed by atoms with Crippen LogP contribution in [0.3, 0.4) is 0 Å². The van der Waals surface area contributed by atoms with Crippen molar-refractivity contribution in [1.82, 2.24) is 0 Å². The lowest BCUT2D eigenvalue weighted by Gasteiger charge is -2.34. The van der Waals surface area contributed by atoms with Gasteiger partial charge in [0.15, 0.2) is 0 Å². The Morgan fingerprint density at radius 3 is 0.929 bits per heavy atom. The van der Waals surface area contributed by atoms with Gasteiger partial charge in [0, 0.05) is 71.0 Å². The second kappa shape index (κ2) is 33.4. The number of halogens is 1. The lowest BCUT2D eigenvalue weighted by Crippen LogP contribution is -2.28. The van der Waals surface area contributed by atoms with Gasteiger partial charge in [-0.25, -0.2) is 0 Å². The van der Waals surface area contributed by atoms with Crippen LogP contribution in [0.25, 0.3) is 133 Å². The lowest BCUT2D eigenvalue weighted by molar-refractivity contribution is 0.669. The van der Waals surface area contributed by atoms with Crippen molar-refractivity contribution in [1.29, 1.82) is 0 Å². The molecule has 0 unspecified atom stereocenters. The summed E-state index contributed by atoms with van der Waals surface area (Å²) in [6.07, 6.45) is 0. The molecule has 0 saturated carbocycles. The van der Waals surface area contributed by atoms with E-state index >= 15 is 0 Å². The van der Waals surface area contributed by atoms with Crippen LogP contribution in [0.5, 0.6) is 0 Å². The summed E-state index contributed by atoms with van der Waals surface area (Å²) >= 11 is 3.48. The SMILES string of the molecule is Brc1ccc(-c2ccccc2-c2ccccc2)cc1.c1ccc(-c2ccccc2-c2ccc(N(c3ccc(-c4cccc5c4oc4ccccc45)cc3)c3cccc4c3-c3ccccc3C4(c3ccccc3)c3ccccc3)cc2)cc1.c1ccc(C2(c3ccccc3)c3ccccc3-c3c(Nc4ccc(-c5cccc6c5oc5ccccc56)cc4)cccc32)cc1. The summed E-state index contributed by atoms with van der Waals surface area (Å²) in [5.74, 6) is 0. The van der Waals surface area contributed by atoms with Crippen molar-refractivity contribution in [3.63, 3.8) is 0 Å². The molecule has 600 valence electrons. The molecule has 5 heteroatoms. The van der Waals surface area contributed by atoms with Crippen LogP contribution in [0.4, 0.5) is 28.4 Å². The Balaban J connectivity index is 0.000000129. The van der Waals surface area contributed by atoms with Crippen molar-refractivity contribution in [2.24, 2.45) is 0 Å². The number of fused-ring (bicyclic) bond motifs is 12. The van der Waals surface area contributed by atoms with E-state index in [2.05, 4.69) is 493 Å². The zero-order valence-electron chi connectivity index (χ0n) is 69.5. The van der Waals surface area contributed by atoms with E-state index in [1.54, 1.807) is 0 Å². The first-order chi connectivity index (χ1) is 62.9. The Labute approximate surface area is 748 Å². The summed E-state index contributed by atoms with van der Waals surface area (Å²) in [5.41, 5.74) is 37.5. The quantitative estimate of drug-likeness (QED) is 0.111. The minimum atomic E-state index is -0.518. The van der Waals surface area contributed by atoms with E-state index in [0.29, 0.717) is 0 Å². The third-order valence-electron chi connectivity index (χ3n) is 25.5. The maximum atomic E-state index is 6.50. The Morgan fingerprint density at radius 2 is 0.504 bits per heavy atom. The van der Waals surface area contributed by atoms with E-state index in [1.165, 1.54) is 111 Å². The molecule has 0 atom stereocenters. The fraction of sp³-hybridized carbons (Fsp3) is 0.0164. The molecule has 2 aromatic heterocycles. The molecule has 22 aromatic rings. The maximum absolute atomic E-state index is 6.50. The second-order valence-corrected chi connectivity index (χ2v) is 33.4. The first-order valence-corrected chi connectivity index (χ1v) is 44.2. The zero-order valence-corrected chi connectivity index (χ0v) is 71.1. The van der Waals surface area contributed by atoms with Crippen LogP contribution in [0.15, 0.2) is 511 Å². The zero-order chi connectivity index (χ0) is 84.6. The normalized spacial score (nSPS) is 12.4. The van der Waals surface area contributed by atoms with Crippen LogP contribution < -0.4 is 10.2 Å². The average Bonchev–Trinajstić information content (AvgIpc) is 1.27. The molecule has 20 aromatic carbocycles. The minimum Gasteiger partial charge on any atom is -0.455 e. The van der Waals surface area contributed by atoms with E-state index in [0.717, 1.165) is 99.0 Å². The van der Waals surface area contributed by atoms with Crippen molar-refractivity contribution in [2.75, 3.05) is 10.2 Å². The maximum Gasteiger partial charge on any atom is 0.143 e. The molecule has 0 saturated heterocycles. The van der Waals surface area contributed by atoms with Gasteiger partial charge in [0.25, 0.3) is 0 Å². The highest BCUT2D eigenvalue weighted by molar-refractivity contribution is 9.10. The minimum absolute atomic E-state index is 0.415. The van der Waals surface area contributed by atoms with Crippen LogP contribution >= 0.6 is 15.9 Å². The van der Waals surface area contributed by atoms with Crippen LogP contribution in [0.2, 0.25) is 0 Å². The number of anilines is 5. The number of furan rings is 2. The van der Waals surface area contributed by atoms with Crippen LogP contribution in [-0.4, -0.2) is 0 Å². The molecule has 0 spiro atoms. The number of nitrogens with zero attached hydrogens (tertiary/aromatic N) is 1. The Kier molecular flexibility index (Phi) is 20.3. The van der Waals surface area contributed by atoms with E-state index in [4.69, 9.17) is 8.83 Å². The summed E-state index contributed by atoms with van der Waals surface area (Å²) in [7, 11) is 0. The molecule has 0 fully saturated rings. The molecule has 24 rings (SSSR count). The monoisotopic (exact) mass is 1690 g/mol. The van der Waals surface area contributed by atoms with Gasteiger partial charge in [-0.15, -0.1) is 0 Å². The van der Waals surface area contributed by atoms with Gasteiger partial charge in [-0.2, -0.15) is 0 Å². The van der Waals surface area contributed by atoms with Crippen LogP contribution in [0.1, 0.15) is 44.5 Å². The average molecular weight is 1690 g/mol. The largest absolute Gasteiger partial charge is 0.455 e. The first-order valence-electron chi connectivity index (χ1n) is 43.4. The van der Waals surface area contributed by atoms with Gasteiger partial charge in [0.1, 0.15) is 22.3 Å². The molecule has 2 heterocycles. The molecule has 1 N–H and O–H groups in total. The smallest absolute Gasteiger partial charge is 0.143 e. The summed E-state index contributed by atoms with van der Waals surface area (Å²) in [6, 6.07) is 178. The molecule has 127 heavy (non-hydrogen) atoms. The van der Waals surface area contributed by atoms with Crippen molar-refractivity contribution in [3.05, 3.63) is 546 Å². The van der Waals surface area contributed by atoms with E-state index < -0.39 is 10.8 Å². The fourth-order valence-corrected chi connectivity index (χ4v) is 20.2. The highest BCUT2D eigenvalue weighted by Gasteiger charge is 2.49. The van der Waals surface area contributed by atoms with Crippen LogP contribution in [0, 0.1) is 0 Å². The first kappa shape index (κ1) is 77.2. The number of benzene rings is 20. The number of rotatable bonds is 15. The molecule has 0 bridgehead atoms. The number of para-hydroxylation sites is 4. The lowest BCUT2D eigenvalue weighted by atomic mass is 9.68. The molecular formula is C122H83BrN2O2. The van der Waals surface area contributed by atoms with Crippen molar-refractivity contribution in [3.8, 4) is 89.0 Å². The summed E-state index contributed by atoms with van der Waals surface area (Å²) in [5, 5.41) is 8.35. The molecule has 2 aliphatic carbocycles. The van der Waals surface area contributed by atoms with Crippen molar-refractivity contribution < 1.29 is 8.83 Å². The fourth-order valence-electron chi connectivity index (χ4n) is 19.9. The predicted octanol–water partition coefficient (Wildman–Crippen LogP) is 33.6. The molecule has 2 aliphatic rings. The highest BCUT2D eigenvalue weighted by Crippen LogP contribution is 2.61. The summed E-state index contributed by atoms with van der Waals surface area (Å²) in [4.78, 5) is 2.44. The van der Waals surface area contributed by atoms with Gasteiger partial charge in [0.05, 0.1) is 16.5 Å². The van der Waals surface area contributed by atoms with Crippen molar-refractivity contribution >= 4 is 88.2 Å².